The summed E-state index contributed by atoms with van der Waals surface area (Å²) in [6.07, 6.45) is -2.55. The maximum atomic E-state index is 14.5. The lowest BCUT2D eigenvalue weighted by Crippen LogP contribution is -2.66. The minimum atomic E-state index is -1.27. The van der Waals surface area contributed by atoms with Crippen molar-refractivity contribution in [3.8, 4) is 5.75 Å². The van der Waals surface area contributed by atoms with E-state index in [0.717, 1.165) is 0 Å². The number of aliphatic hydroxyl groups excluding tert-OH is 1. The van der Waals surface area contributed by atoms with Crippen LogP contribution in [-0.4, -0.2) is 77.9 Å². The topological polar surface area (TPSA) is 107 Å². The molecule has 0 unspecified atom stereocenters. The predicted molar refractivity (Wildman–Crippen MR) is 151 cm³/mol. The SMILES string of the molecule is CC(=O)N[C@@H](Cc1cc(F)cc(OCC(C)C)c1)[C@H](O)[C@H]1CO[C@@H](OCC(C)(C)C)[C@H](C)N1C(=O)OC(C)(C)C. The molecule has 1 aliphatic heterocycles. The highest BCUT2D eigenvalue weighted by Gasteiger charge is 2.46. The van der Waals surface area contributed by atoms with Gasteiger partial charge in [-0.3, -0.25) is 9.69 Å². The third-order valence-corrected chi connectivity index (χ3v) is 6.07. The van der Waals surface area contributed by atoms with Gasteiger partial charge in [0.25, 0.3) is 0 Å². The van der Waals surface area contributed by atoms with E-state index in [4.69, 9.17) is 18.9 Å². The molecule has 2 N–H and O–H groups in total. The number of carbonyl (C=O) groups is 2. The Kier molecular flexibility index (Phi) is 11.8. The van der Waals surface area contributed by atoms with E-state index in [1.165, 1.54) is 24.0 Å². The summed E-state index contributed by atoms with van der Waals surface area (Å²) in [7, 11) is 0. The molecule has 0 bridgehead atoms. The van der Waals surface area contributed by atoms with Crippen molar-refractivity contribution >= 4 is 12.0 Å². The Morgan fingerprint density at radius 3 is 2.38 bits per heavy atom. The summed E-state index contributed by atoms with van der Waals surface area (Å²) >= 11 is 0. The molecular formula is C30H49FN2O7. The van der Waals surface area contributed by atoms with Gasteiger partial charge < -0.3 is 29.4 Å². The van der Waals surface area contributed by atoms with Gasteiger partial charge in [-0.15, -0.1) is 0 Å². The molecule has 0 aromatic heterocycles. The van der Waals surface area contributed by atoms with Crippen molar-refractivity contribution in [3.63, 3.8) is 0 Å². The molecule has 1 fully saturated rings. The summed E-state index contributed by atoms with van der Waals surface area (Å²) < 4.78 is 37.9. The molecular weight excluding hydrogens is 519 g/mol. The second-order valence-electron chi connectivity index (χ2n) is 13.3. The number of hydrogen-bond acceptors (Lipinski definition) is 7. The van der Waals surface area contributed by atoms with Gasteiger partial charge in [0.05, 0.1) is 44.1 Å². The number of halogens is 1. The number of benzene rings is 1. The van der Waals surface area contributed by atoms with E-state index in [2.05, 4.69) is 5.32 Å². The number of morpholine rings is 1. The molecule has 2 amide bonds. The lowest BCUT2D eigenvalue weighted by Gasteiger charge is -2.47. The first-order valence-electron chi connectivity index (χ1n) is 14.0. The molecule has 2 rings (SSSR count). The van der Waals surface area contributed by atoms with Crippen LogP contribution >= 0.6 is 0 Å². The molecule has 0 aliphatic carbocycles. The number of ether oxygens (including phenoxy) is 4. The zero-order valence-electron chi connectivity index (χ0n) is 25.7. The highest BCUT2D eigenvalue weighted by Crippen LogP contribution is 2.28. The van der Waals surface area contributed by atoms with Gasteiger partial charge in [-0.05, 0) is 63.1 Å². The number of rotatable bonds is 10. The summed E-state index contributed by atoms with van der Waals surface area (Å²) in [5.74, 6) is -0.250. The Bertz CT molecular complexity index is 989. The fraction of sp³-hybridized carbons (Fsp3) is 0.733. The van der Waals surface area contributed by atoms with E-state index in [-0.39, 0.29) is 30.3 Å². The largest absolute Gasteiger partial charge is 0.493 e. The second kappa shape index (κ2) is 14.0. The van der Waals surface area contributed by atoms with Crippen molar-refractivity contribution in [1.82, 2.24) is 10.2 Å². The normalized spacial score (nSPS) is 21.6. The third-order valence-electron chi connectivity index (χ3n) is 6.07. The number of aliphatic hydroxyl groups is 1. The summed E-state index contributed by atoms with van der Waals surface area (Å²) in [6, 6.07) is 1.99. The fourth-order valence-electron chi connectivity index (χ4n) is 4.37. The van der Waals surface area contributed by atoms with E-state index in [1.807, 2.05) is 34.6 Å². The van der Waals surface area contributed by atoms with E-state index in [9.17, 15) is 19.1 Å². The highest BCUT2D eigenvalue weighted by molar-refractivity contribution is 5.73. The molecule has 5 atom stereocenters. The quantitative estimate of drug-likeness (QED) is 0.422. The van der Waals surface area contributed by atoms with E-state index in [0.29, 0.717) is 24.5 Å². The lowest BCUT2D eigenvalue weighted by atomic mass is 9.93. The minimum Gasteiger partial charge on any atom is -0.493 e. The molecule has 0 radical (unpaired) electrons. The van der Waals surface area contributed by atoms with Crippen molar-refractivity contribution < 1.29 is 38.0 Å². The van der Waals surface area contributed by atoms with Gasteiger partial charge in [0.2, 0.25) is 5.91 Å². The van der Waals surface area contributed by atoms with Crippen LogP contribution in [0.2, 0.25) is 0 Å². The van der Waals surface area contributed by atoms with Crippen molar-refractivity contribution in [2.24, 2.45) is 11.3 Å². The van der Waals surface area contributed by atoms with Gasteiger partial charge in [-0.1, -0.05) is 34.6 Å². The van der Waals surface area contributed by atoms with E-state index >= 15 is 0 Å². The van der Waals surface area contributed by atoms with Crippen LogP contribution in [-0.2, 0) is 25.4 Å². The molecule has 10 heteroatoms. The third kappa shape index (κ3) is 10.9. The van der Waals surface area contributed by atoms with Crippen molar-refractivity contribution in [3.05, 3.63) is 29.6 Å². The molecule has 9 nitrogen and oxygen atoms in total. The average molecular weight is 569 g/mol. The van der Waals surface area contributed by atoms with Gasteiger partial charge in [-0.2, -0.15) is 0 Å². The highest BCUT2D eigenvalue weighted by atomic mass is 19.1. The van der Waals surface area contributed by atoms with Gasteiger partial charge in [0.1, 0.15) is 17.2 Å². The zero-order valence-corrected chi connectivity index (χ0v) is 25.7. The first-order chi connectivity index (χ1) is 18.4. The summed E-state index contributed by atoms with van der Waals surface area (Å²) in [6.45, 7) is 19.2. The number of carbonyl (C=O) groups excluding carboxylic acids is 2. The average Bonchev–Trinajstić information content (AvgIpc) is 2.78. The molecule has 1 aliphatic rings. The van der Waals surface area contributed by atoms with Crippen LogP contribution in [0.4, 0.5) is 9.18 Å². The molecule has 0 saturated carbocycles. The second-order valence-corrected chi connectivity index (χ2v) is 13.3. The number of amides is 2. The maximum absolute atomic E-state index is 14.5. The number of nitrogens with one attached hydrogen (secondary N) is 1. The van der Waals surface area contributed by atoms with Crippen LogP contribution < -0.4 is 10.1 Å². The lowest BCUT2D eigenvalue weighted by molar-refractivity contribution is -0.233. The van der Waals surface area contributed by atoms with Crippen molar-refractivity contribution in [2.75, 3.05) is 19.8 Å². The standard InChI is InChI=1S/C30H49FN2O7/c1-18(2)15-37-23-12-21(11-22(31)14-23)13-24(32-20(4)34)26(35)25-16-38-27(39-17-29(5,6)7)19(3)33(25)28(36)40-30(8,9)10/h11-12,14,18-19,24-27,35H,13,15-17H2,1-10H3,(H,32,34)/t19-,24-,25+,26-,27-/m0/s1. The van der Waals surface area contributed by atoms with Gasteiger partial charge in [-0.25, -0.2) is 9.18 Å². The van der Waals surface area contributed by atoms with Crippen LogP contribution in [0.5, 0.6) is 5.75 Å². The predicted octanol–water partition coefficient (Wildman–Crippen LogP) is 4.68. The van der Waals surface area contributed by atoms with Crippen LogP contribution in [0, 0.1) is 17.2 Å². The maximum Gasteiger partial charge on any atom is 0.411 e. The molecule has 228 valence electrons. The van der Waals surface area contributed by atoms with Gasteiger partial charge in [0.15, 0.2) is 6.29 Å². The molecule has 1 aromatic rings. The number of nitrogens with zero attached hydrogens (tertiary/aromatic N) is 1. The fourth-order valence-corrected chi connectivity index (χ4v) is 4.37. The zero-order chi connectivity index (χ0) is 30.4. The first kappa shape index (κ1) is 33.8. The minimum absolute atomic E-state index is 0.0540. The molecule has 1 aromatic carbocycles. The van der Waals surface area contributed by atoms with Gasteiger partial charge >= 0.3 is 6.09 Å². The van der Waals surface area contributed by atoms with Crippen LogP contribution in [0.3, 0.4) is 0 Å². The molecule has 1 heterocycles. The van der Waals surface area contributed by atoms with Crippen molar-refractivity contribution in [2.45, 2.75) is 112 Å². The smallest absolute Gasteiger partial charge is 0.411 e. The Morgan fingerprint density at radius 1 is 1.18 bits per heavy atom. The molecule has 0 spiro atoms. The Morgan fingerprint density at radius 2 is 1.82 bits per heavy atom. The van der Waals surface area contributed by atoms with Crippen LogP contribution in [0.15, 0.2) is 18.2 Å². The molecule has 1 saturated heterocycles. The van der Waals surface area contributed by atoms with E-state index < -0.39 is 48.0 Å². The van der Waals surface area contributed by atoms with Crippen molar-refractivity contribution in [1.29, 1.82) is 0 Å². The van der Waals surface area contributed by atoms with Gasteiger partial charge in [0, 0.05) is 13.0 Å². The Labute approximate surface area is 238 Å². The first-order valence-corrected chi connectivity index (χ1v) is 14.0. The summed E-state index contributed by atoms with van der Waals surface area (Å²) in [5.41, 5.74) is -0.385. The monoisotopic (exact) mass is 568 g/mol. The van der Waals surface area contributed by atoms with Crippen LogP contribution in [0.25, 0.3) is 0 Å². The summed E-state index contributed by atoms with van der Waals surface area (Å²) in [5, 5.41) is 14.4. The Balaban J connectivity index is 2.37. The molecule has 40 heavy (non-hydrogen) atoms. The van der Waals surface area contributed by atoms with E-state index in [1.54, 1.807) is 33.8 Å². The summed E-state index contributed by atoms with van der Waals surface area (Å²) in [4.78, 5) is 27.0. The van der Waals surface area contributed by atoms with Crippen LogP contribution in [0.1, 0.15) is 74.8 Å². The number of hydrogen-bond donors (Lipinski definition) is 2. The Hall–Kier alpha value is -2.43.